The molecule has 2 aromatic carbocycles. The van der Waals surface area contributed by atoms with Gasteiger partial charge in [-0.15, -0.1) is 0 Å². The lowest BCUT2D eigenvalue weighted by atomic mass is 10.0. The summed E-state index contributed by atoms with van der Waals surface area (Å²) in [5.41, 5.74) is 2.79. The zero-order valence-electron chi connectivity index (χ0n) is 14.0. The summed E-state index contributed by atoms with van der Waals surface area (Å²) in [6.07, 6.45) is 0.255. The Kier molecular flexibility index (Phi) is 4.65. The van der Waals surface area contributed by atoms with E-state index in [-0.39, 0.29) is 24.2 Å². The molecule has 2 aromatic rings. The van der Waals surface area contributed by atoms with Gasteiger partial charge in [0.1, 0.15) is 0 Å². The lowest BCUT2D eigenvalue weighted by molar-refractivity contribution is -0.122. The summed E-state index contributed by atoms with van der Waals surface area (Å²) in [5, 5.41) is 3.01. The van der Waals surface area contributed by atoms with Gasteiger partial charge < -0.3 is 10.2 Å². The number of para-hydroxylation sites is 2. The van der Waals surface area contributed by atoms with Crippen LogP contribution in [-0.2, 0) is 9.59 Å². The fourth-order valence-electron chi connectivity index (χ4n) is 3.09. The first kappa shape index (κ1) is 16.2. The summed E-state index contributed by atoms with van der Waals surface area (Å²) in [7, 11) is 0. The fourth-order valence-corrected chi connectivity index (χ4v) is 3.09. The van der Waals surface area contributed by atoms with Crippen molar-refractivity contribution in [2.45, 2.75) is 26.2 Å². The van der Waals surface area contributed by atoms with E-state index >= 15 is 0 Å². The first-order chi connectivity index (χ1) is 11.6. The summed E-state index contributed by atoms with van der Waals surface area (Å²) < 4.78 is 0. The van der Waals surface area contributed by atoms with Crippen molar-refractivity contribution < 1.29 is 9.59 Å². The Hall–Kier alpha value is -2.62. The van der Waals surface area contributed by atoms with Crippen LogP contribution in [-0.4, -0.2) is 18.4 Å². The van der Waals surface area contributed by atoms with Crippen LogP contribution in [0.25, 0.3) is 0 Å². The van der Waals surface area contributed by atoms with Crippen molar-refractivity contribution in [2.24, 2.45) is 5.92 Å². The zero-order chi connectivity index (χ0) is 17.1. The van der Waals surface area contributed by atoms with E-state index in [1.54, 1.807) is 4.90 Å². The second kappa shape index (κ2) is 6.87. The molecule has 1 aliphatic heterocycles. The minimum Gasteiger partial charge on any atom is -0.326 e. The van der Waals surface area contributed by atoms with Crippen molar-refractivity contribution in [3.63, 3.8) is 0 Å². The number of nitrogens with zero attached hydrogens (tertiary/aromatic N) is 1. The molecule has 3 rings (SSSR count). The predicted molar refractivity (Wildman–Crippen MR) is 96.1 cm³/mol. The summed E-state index contributed by atoms with van der Waals surface area (Å²) in [5.74, 6) is -0.0844. The molecular weight excluding hydrogens is 300 g/mol. The maximum absolute atomic E-state index is 12.6. The van der Waals surface area contributed by atoms with Crippen molar-refractivity contribution >= 4 is 23.2 Å². The van der Waals surface area contributed by atoms with E-state index in [1.165, 1.54) is 0 Å². The largest absolute Gasteiger partial charge is 0.326 e. The maximum Gasteiger partial charge on any atom is 0.229 e. The third-order valence-electron chi connectivity index (χ3n) is 4.40. The Balaban J connectivity index is 1.72. The van der Waals surface area contributed by atoms with E-state index < -0.39 is 0 Å². The quantitative estimate of drug-likeness (QED) is 0.931. The number of rotatable bonds is 4. The molecule has 2 amide bonds. The van der Waals surface area contributed by atoms with E-state index in [2.05, 4.69) is 19.2 Å². The topological polar surface area (TPSA) is 49.4 Å². The molecule has 124 valence electrons. The molecule has 0 unspecified atom stereocenters. The van der Waals surface area contributed by atoms with Crippen molar-refractivity contribution in [1.82, 2.24) is 0 Å². The van der Waals surface area contributed by atoms with Gasteiger partial charge in [-0.05, 0) is 29.7 Å². The van der Waals surface area contributed by atoms with Gasteiger partial charge in [-0.3, -0.25) is 9.59 Å². The summed E-state index contributed by atoms with van der Waals surface area (Å²) in [6.45, 7) is 4.63. The monoisotopic (exact) mass is 322 g/mol. The molecule has 24 heavy (non-hydrogen) atoms. The van der Waals surface area contributed by atoms with Crippen LogP contribution in [0.3, 0.4) is 0 Å². The van der Waals surface area contributed by atoms with Crippen LogP contribution in [0.1, 0.15) is 31.7 Å². The number of anilines is 2. The molecular formula is C20H22N2O2. The molecule has 0 spiro atoms. The normalized spacial score (nSPS) is 17.4. The van der Waals surface area contributed by atoms with Crippen molar-refractivity contribution in [1.29, 1.82) is 0 Å². The van der Waals surface area contributed by atoms with Crippen LogP contribution in [0.15, 0.2) is 54.6 Å². The molecule has 0 saturated carbocycles. The standard InChI is InChI=1S/C20H22N2O2/c1-14(2)17-10-6-7-11-18(17)21-20(24)15-12-19(23)22(13-15)16-8-4-3-5-9-16/h3-11,14-15H,12-13H2,1-2H3,(H,21,24)/t15-/m0/s1. The highest BCUT2D eigenvalue weighted by atomic mass is 16.2. The first-order valence-corrected chi connectivity index (χ1v) is 8.31. The highest BCUT2D eigenvalue weighted by molar-refractivity contribution is 6.03. The van der Waals surface area contributed by atoms with Gasteiger partial charge in [0.05, 0.1) is 5.92 Å². The highest BCUT2D eigenvalue weighted by Gasteiger charge is 2.35. The van der Waals surface area contributed by atoms with Gasteiger partial charge in [-0.25, -0.2) is 0 Å². The Morgan fingerprint density at radius 2 is 1.75 bits per heavy atom. The van der Waals surface area contributed by atoms with Crippen LogP contribution in [0.2, 0.25) is 0 Å². The first-order valence-electron chi connectivity index (χ1n) is 8.31. The Bertz CT molecular complexity index is 740. The molecule has 1 saturated heterocycles. The van der Waals surface area contributed by atoms with Gasteiger partial charge in [0.2, 0.25) is 11.8 Å². The number of amides is 2. The number of carbonyl (C=O) groups excluding carboxylic acids is 2. The third kappa shape index (κ3) is 3.32. The van der Waals surface area contributed by atoms with Gasteiger partial charge in [0, 0.05) is 24.3 Å². The Labute approximate surface area is 142 Å². The summed E-state index contributed by atoms with van der Waals surface area (Å²) in [6, 6.07) is 17.3. The zero-order valence-corrected chi connectivity index (χ0v) is 14.0. The average molecular weight is 322 g/mol. The summed E-state index contributed by atoms with van der Waals surface area (Å²) in [4.78, 5) is 26.6. The van der Waals surface area contributed by atoms with Gasteiger partial charge in [0.25, 0.3) is 0 Å². The number of hydrogen-bond donors (Lipinski definition) is 1. The van der Waals surface area contributed by atoms with Gasteiger partial charge in [-0.2, -0.15) is 0 Å². The predicted octanol–water partition coefficient (Wildman–Crippen LogP) is 3.80. The molecule has 0 aliphatic carbocycles. The molecule has 1 atom stereocenters. The average Bonchev–Trinajstić information content (AvgIpc) is 2.98. The number of benzene rings is 2. The minimum atomic E-state index is -0.321. The lowest BCUT2D eigenvalue weighted by Crippen LogP contribution is -2.28. The van der Waals surface area contributed by atoms with Gasteiger partial charge in [0.15, 0.2) is 0 Å². The molecule has 4 heteroatoms. The van der Waals surface area contributed by atoms with Crippen molar-refractivity contribution in [3.05, 3.63) is 60.2 Å². The SMILES string of the molecule is CC(C)c1ccccc1NC(=O)[C@H]1CC(=O)N(c2ccccc2)C1. The molecule has 1 N–H and O–H groups in total. The molecule has 0 aromatic heterocycles. The second-order valence-electron chi connectivity index (χ2n) is 6.47. The van der Waals surface area contributed by atoms with Gasteiger partial charge in [-0.1, -0.05) is 50.2 Å². The van der Waals surface area contributed by atoms with E-state index in [0.29, 0.717) is 12.5 Å². The lowest BCUT2D eigenvalue weighted by Gasteiger charge is -2.18. The molecule has 1 aliphatic rings. The smallest absolute Gasteiger partial charge is 0.229 e. The van der Waals surface area contributed by atoms with E-state index in [1.807, 2.05) is 54.6 Å². The fraction of sp³-hybridized carbons (Fsp3) is 0.300. The van der Waals surface area contributed by atoms with Gasteiger partial charge >= 0.3 is 0 Å². The van der Waals surface area contributed by atoms with E-state index in [0.717, 1.165) is 16.9 Å². The third-order valence-corrected chi connectivity index (χ3v) is 4.40. The minimum absolute atomic E-state index is 0.00139. The van der Waals surface area contributed by atoms with Crippen LogP contribution >= 0.6 is 0 Å². The Morgan fingerprint density at radius 3 is 2.46 bits per heavy atom. The molecule has 1 heterocycles. The highest BCUT2D eigenvalue weighted by Crippen LogP contribution is 2.28. The maximum atomic E-state index is 12.6. The van der Waals surface area contributed by atoms with Crippen LogP contribution in [0, 0.1) is 5.92 Å². The molecule has 1 fully saturated rings. The van der Waals surface area contributed by atoms with Crippen LogP contribution in [0.5, 0.6) is 0 Å². The number of carbonyl (C=O) groups is 2. The van der Waals surface area contributed by atoms with E-state index in [9.17, 15) is 9.59 Å². The molecule has 4 nitrogen and oxygen atoms in total. The summed E-state index contributed by atoms with van der Waals surface area (Å²) >= 11 is 0. The number of hydrogen-bond acceptors (Lipinski definition) is 2. The van der Waals surface area contributed by atoms with Crippen LogP contribution in [0.4, 0.5) is 11.4 Å². The Morgan fingerprint density at radius 1 is 1.08 bits per heavy atom. The second-order valence-corrected chi connectivity index (χ2v) is 6.47. The molecule has 0 bridgehead atoms. The van der Waals surface area contributed by atoms with Crippen LogP contribution < -0.4 is 10.2 Å². The van der Waals surface area contributed by atoms with E-state index in [4.69, 9.17) is 0 Å². The molecule has 0 radical (unpaired) electrons. The van der Waals surface area contributed by atoms with Crippen molar-refractivity contribution in [3.8, 4) is 0 Å². The van der Waals surface area contributed by atoms with Crippen molar-refractivity contribution in [2.75, 3.05) is 16.8 Å². The number of nitrogens with one attached hydrogen (secondary N) is 1.